The lowest BCUT2D eigenvalue weighted by Gasteiger charge is -2.26. The Bertz CT molecular complexity index is 542. The zero-order chi connectivity index (χ0) is 13.2. The first-order chi connectivity index (χ1) is 8.46. The summed E-state index contributed by atoms with van der Waals surface area (Å²) in [4.78, 5) is 16.5. The molecule has 0 spiro atoms. The quantitative estimate of drug-likeness (QED) is 0.832. The maximum absolute atomic E-state index is 11.3. The summed E-state index contributed by atoms with van der Waals surface area (Å²) in [6.07, 6.45) is 1.46. The Labute approximate surface area is 105 Å². The van der Waals surface area contributed by atoms with E-state index in [1.165, 1.54) is 12.3 Å². The van der Waals surface area contributed by atoms with Gasteiger partial charge in [-0.15, -0.1) is 0 Å². The fraction of sp³-hybridized carbons (Fsp3) is 0.455. The van der Waals surface area contributed by atoms with Gasteiger partial charge >= 0.3 is 5.97 Å². The lowest BCUT2D eigenvalue weighted by molar-refractivity contribution is 0.0690. The SMILES string of the molecule is O=C(O)c1cc(CN2CCS(=O)(=O)CC2)ccn1. The van der Waals surface area contributed by atoms with Gasteiger partial charge in [-0.1, -0.05) is 0 Å². The number of pyridine rings is 1. The third kappa shape index (κ3) is 3.27. The third-order valence-electron chi connectivity index (χ3n) is 2.89. The molecule has 1 aromatic rings. The fourth-order valence-electron chi connectivity index (χ4n) is 1.86. The Hall–Kier alpha value is -1.47. The minimum atomic E-state index is -2.88. The largest absolute Gasteiger partial charge is 0.477 e. The molecule has 1 aliphatic rings. The van der Waals surface area contributed by atoms with Crippen LogP contribution in [0.2, 0.25) is 0 Å². The van der Waals surface area contributed by atoms with Gasteiger partial charge in [0.25, 0.3) is 0 Å². The van der Waals surface area contributed by atoms with E-state index < -0.39 is 15.8 Å². The second-order valence-electron chi connectivity index (χ2n) is 4.28. The van der Waals surface area contributed by atoms with E-state index >= 15 is 0 Å². The van der Waals surface area contributed by atoms with Crippen molar-refractivity contribution >= 4 is 15.8 Å². The van der Waals surface area contributed by atoms with Gasteiger partial charge in [0.2, 0.25) is 0 Å². The van der Waals surface area contributed by atoms with Crippen LogP contribution < -0.4 is 0 Å². The smallest absolute Gasteiger partial charge is 0.354 e. The topological polar surface area (TPSA) is 87.6 Å². The first-order valence-corrected chi connectivity index (χ1v) is 7.39. The van der Waals surface area contributed by atoms with Gasteiger partial charge in [0.1, 0.15) is 5.69 Å². The van der Waals surface area contributed by atoms with Crippen LogP contribution >= 0.6 is 0 Å². The molecule has 0 atom stereocenters. The summed E-state index contributed by atoms with van der Waals surface area (Å²) in [5.74, 6) is -0.716. The molecule has 0 aliphatic carbocycles. The van der Waals surface area contributed by atoms with Gasteiger partial charge in [-0.2, -0.15) is 0 Å². The molecule has 1 saturated heterocycles. The van der Waals surface area contributed by atoms with E-state index in [1.807, 2.05) is 4.90 Å². The number of carboxylic acids is 1. The molecule has 0 saturated carbocycles. The van der Waals surface area contributed by atoms with Crippen LogP contribution in [0.3, 0.4) is 0 Å². The van der Waals surface area contributed by atoms with Crippen molar-refractivity contribution in [3.63, 3.8) is 0 Å². The molecule has 1 fully saturated rings. The van der Waals surface area contributed by atoms with Crippen LogP contribution in [0.25, 0.3) is 0 Å². The molecule has 0 bridgehead atoms. The average molecular weight is 270 g/mol. The van der Waals surface area contributed by atoms with E-state index in [0.717, 1.165) is 5.56 Å². The Morgan fingerprint density at radius 2 is 2.06 bits per heavy atom. The van der Waals surface area contributed by atoms with Crippen molar-refractivity contribution in [1.82, 2.24) is 9.88 Å². The van der Waals surface area contributed by atoms with Crippen LogP contribution in [0.4, 0.5) is 0 Å². The molecular weight excluding hydrogens is 256 g/mol. The number of aromatic carboxylic acids is 1. The van der Waals surface area contributed by atoms with Crippen molar-refractivity contribution in [2.75, 3.05) is 24.6 Å². The Morgan fingerprint density at radius 1 is 1.39 bits per heavy atom. The third-order valence-corrected chi connectivity index (χ3v) is 4.50. The molecule has 1 aromatic heterocycles. The normalized spacial score (nSPS) is 19.6. The van der Waals surface area contributed by atoms with Gasteiger partial charge in [-0.25, -0.2) is 18.2 Å². The summed E-state index contributed by atoms with van der Waals surface area (Å²) in [6, 6.07) is 3.26. The van der Waals surface area contributed by atoms with Crippen molar-refractivity contribution in [2.24, 2.45) is 0 Å². The number of carboxylic acid groups (broad SMARTS) is 1. The highest BCUT2D eigenvalue weighted by Gasteiger charge is 2.21. The Balaban J connectivity index is 2.02. The van der Waals surface area contributed by atoms with Gasteiger partial charge in [-0.3, -0.25) is 4.90 Å². The minimum Gasteiger partial charge on any atom is -0.477 e. The number of rotatable bonds is 3. The van der Waals surface area contributed by atoms with Gasteiger partial charge in [0.15, 0.2) is 9.84 Å². The molecular formula is C11H14N2O4S. The van der Waals surface area contributed by atoms with Crippen LogP contribution in [-0.2, 0) is 16.4 Å². The first kappa shape index (κ1) is 13.0. The van der Waals surface area contributed by atoms with Crippen LogP contribution in [0.1, 0.15) is 16.1 Å². The van der Waals surface area contributed by atoms with E-state index in [9.17, 15) is 13.2 Å². The number of sulfone groups is 1. The number of aromatic nitrogens is 1. The predicted molar refractivity (Wildman–Crippen MR) is 65.1 cm³/mol. The van der Waals surface area contributed by atoms with Crippen molar-refractivity contribution in [3.8, 4) is 0 Å². The molecule has 0 amide bonds. The highest BCUT2D eigenvalue weighted by Crippen LogP contribution is 2.10. The van der Waals surface area contributed by atoms with Crippen molar-refractivity contribution in [1.29, 1.82) is 0 Å². The predicted octanol–water partition coefficient (Wildman–Crippen LogP) is 0.0102. The van der Waals surface area contributed by atoms with E-state index in [4.69, 9.17) is 5.11 Å². The second-order valence-corrected chi connectivity index (χ2v) is 6.59. The van der Waals surface area contributed by atoms with Crippen LogP contribution in [0.15, 0.2) is 18.3 Å². The van der Waals surface area contributed by atoms with E-state index in [2.05, 4.69) is 4.98 Å². The first-order valence-electron chi connectivity index (χ1n) is 5.57. The highest BCUT2D eigenvalue weighted by molar-refractivity contribution is 7.91. The van der Waals surface area contributed by atoms with Crippen molar-refractivity contribution < 1.29 is 18.3 Å². The van der Waals surface area contributed by atoms with Gasteiger partial charge in [0.05, 0.1) is 11.5 Å². The zero-order valence-corrected chi connectivity index (χ0v) is 10.6. The number of hydrogen-bond acceptors (Lipinski definition) is 5. The summed E-state index contributed by atoms with van der Waals surface area (Å²) in [5.41, 5.74) is 0.846. The Kier molecular flexibility index (Phi) is 3.63. The average Bonchev–Trinajstić information content (AvgIpc) is 2.32. The maximum Gasteiger partial charge on any atom is 0.354 e. The maximum atomic E-state index is 11.3. The molecule has 1 aliphatic heterocycles. The molecule has 1 N–H and O–H groups in total. The van der Waals surface area contributed by atoms with Crippen LogP contribution in [-0.4, -0.2) is 54.0 Å². The summed E-state index contributed by atoms with van der Waals surface area (Å²) in [5, 5.41) is 8.83. The lowest BCUT2D eigenvalue weighted by Crippen LogP contribution is -2.39. The van der Waals surface area contributed by atoms with Crippen molar-refractivity contribution in [3.05, 3.63) is 29.6 Å². The molecule has 0 unspecified atom stereocenters. The number of carbonyl (C=O) groups is 1. The summed E-state index contributed by atoms with van der Waals surface area (Å²) < 4.78 is 22.6. The molecule has 6 nitrogen and oxygen atoms in total. The molecule has 7 heteroatoms. The van der Waals surface area contributed by atoms with E-state index in [0.29, 0.717) is 19.6 Å². The fourth-order valence-corrected chi connectivity index (χ4v) is 3.13. The lowest BCUT2D eigenvalue weighted by atomic mass is 10.2. The van der Waals surface area contributed by atoms with Gasteiger partial charge < -0.3 is 5.11 Å². The Morgan fingerprint density at radius 3 is 2.67 bits per heavy atom. The second kappa shape index (κ2) is 5.03. The van der Waals surface area contributed by atoms with E-state index in [1.54, 1.807) is 6.07 Å². The number of hydrogen-bond donors (Lipinski definition) is 1. The summed E-state index contributed by atoms with van der Waals surface area (Å²) in [6.45, 7) is 1.54. The van der Waals surface area contributed by atoms with Gasteiger partial charge in [0, 0.05) is 25.8 Å². The molecule has 0 aromatic carbocycles. The molecule has 0 radical (unpaired) electrons. The summed E-state index contributed by atoms with van der Waals surface area (Å²) >= 11 is 0. The highest BCUT2D eigenvalue weighted by atomic mass is 32.2. The van der Waals surface area contributed by atoms with E-state index in [-0.39, 0.29) is 17.2 Å². The van der Waals surface area contributed by atoms with Crippen LogP contribution in [0.5, 0.6) is 0 Å². The summed E-state index contributed by atoms with van der Waals surface area (Å²) in [7, 11) is -2.88. The minimum absolute atomic E-state index is 0.0112. The monoisotopic (exact) mass is 270 g/mol. The number of nitrogens with zero attached hydrogens (tertiary/aromatic N) is 2. The molecule has 2 rings (SSSR count). The molecule has 98 valence electrons. The van der Waals surface area contributed by atoms with Crippen LogP contribution in [0, 0.1) is 0 Å². The molecule has 18 heavy (non-hydrogen) atoms. The molecule has 2 heterocycles. The zero-order valence-electron chi connectivity index (χ0n) is 9.74. The standard InChI is InChI=1S/C11H14N2O4S/c14-11(15)10-7-9(1-2-12-10)8-13-3-5-18(16,17)6-4-13/h1-2,7H,3-6,8H2,(H,14,15). The van der Waals surface area contributed by atoms with Crippen molar-refractivity contribution in [2.45, 2.75) is 6.54 Å². The van der Waals surface area contributed by atoms with Gasteiger partial charge in [-0.05, 0) is 17.7 Å².